The van der Waals surface area contributed by atoms with Crippen LogP contribution in [0.1, 0.15) is 41.5 Å². The van der Waals surface area contributed by atoms with E-state index in [4.69, 9.17) is 0 Å². The second-order valence-electron chi connectivity index (χ2n) is 7.74. The van der Waals surface area contributed by atoms with Crippen LogP contribution in [0.2, 0.25) is 0 Å². The van der Waals surface area contributed by atoms with Crippen molar-refractivity contribution in [2.45, 2.75) is 41.5 Å². The summed E-state index contributed by atoms with van der Waals surface area (Å²) in [5.74, 6) is 0.110. The maximum Gasteiger partial charge on any atom is 0.232 e. The minimum atomic E-state index is -0.424. The van der Waals surface area contributed by atoms with Crippen molar-refractivity contribution in [3.05, 3.63) is 24.3 Å². The van der Waals surface area contributed by atoms with Crippen molar-refractivity contribution < 1.29 is 9.59 Å². The Kier molecular flexibility index (Phi) is 5.06. The summed E-state index contributed by atoms with van der Waals surface area (Å²) < 4.78 is 0. The number of rotatable bonds is 2. The molecule has 0 radical (unpaired) electrons. The summed E-state index contributed by atoms with van der Waals surface area (Å²) >= 11 is 0. The van der Waals surface area contributed by atoms with Crippen molar-refractivity contribution >= 4 is 23.2 Å². The molecule has 2 amide bonds. The SMILES string of the molecule is CN(C(=O)C(C)(C)C)c1ccc(N(C)C(=O)C(C)(C)C)cc1. The lowest BCUT2D eigenvalue weighted by atomic mass is 9.94. The molecule has 0 fully saturated rings. The highest BCUT2D eigenvalue weighted by molar-refractivity contribution is 5.98. The van der Waals surface area contributed by atoms with Crippen molar-refractivity contribution in [2.24, 2.45) is 10.8 Å². The summed E-state index contributed by atoms with van der Waals surface area (Å²) in [7, 11) is 3.54. The van der Waals surface area contributed by atoms with Crippen molar-refractivity contribution in [2.75, 3.05) is 23.9 Å². The van der Waals surface area contributed by atoms with Gasteiger partial charge in [0.15, 0.2) is 0 Å². The van der Waals surface area contributed by atoms with Crippen molar-refractivity contribution in [3.8, 4) is 0 Å². The van der Waals surface area contributed by atoms with Gasteiger partial charge in [0.05, 0.1) is 0 Å². The van der Waals surface area contributed by atoms with Crippen LogP contribution in [0.4, 0.5) is 11.4 Å². The van der Waals surface area contributed by atoms with Gasteiger partial charge in [-0.05, 0) is 24.3 Å². The molecule has 0 aliphatic carbocycles. The Morgan fingerprint density at radius 2 is 0.909 bits per heavy atom. The second kappa shape index (κ2) is 6.11. The van der Waals surface area contributed by atoms with Crippen LogP contribution in [0.3, 0.4) is 0 Å². The van der Waals surface area contributed by atoms with Gasteiger partial charge < -0.3 is 9.80 Å². The zero-order chi connectivity index (χ0) is 17.3. The van der Waals surface area contributed by atoms with E-state index in [-0.39, 0.29) is 11.8 Å². The predicted molar refractivity (Wildman–Crippen MR) is 92.2 cm³/mol. The molecule has 4 heteroatoms. The molecule has 0 atom stereocenters. The normalized spacial score (nSPS) is 12.0. The molecule has 1 rings (SSSR count). The van der Waals surface area contributed by atoms with E-state index in [1.165, 1.54) is 0 Å². The molecule has 1 aromatic carbocycles. The van der Waals surface area contributed by atoms with Crippen LogP contribution in [0, 0.1) is 10.8 Å². The molecule has 0 N–H and O–H groups in total. The molecule has 0 heterocycles. The molecule has 4 nitrogen and oxygen atoms in total. The van der Waals surface area contributed by atoms with Crippen molar-refractivity contribution in [1.82, 2.24) is 0 Å². The number of amides is 2. The Morgan fingerprint density at radius 1 is 0.682 bits per heavy atom. The monoisotopic (exact) mass is 304 g/mol. The molecular formula is C18H28N2O2. The lowest BCUT2D eigenvalue weighted by molar-refractivity contribution is -0.126. The van der Waals surface area contributed by atoms with Gasteiger partial charge in [-0.3, -0.25) is 9.59 Å². The van der Waals surface area contributed by atoms with Crippen molar-refractivity contribution in [1.29, 1.82) is 0 Å². The Labute approximate surface area is 134 Å². The maximum absolute atomic E-state index is 12.3. The standard InChI is InChI=1S/C18H28N2O2/c1-17(2,3)15(21)19(7)13-9-11-14(12-10-13)20(8)16(22)18(4,5)6/h9-12H,1-8H3. The van der Waals surface area contributed by atoms with Crippen LogP contribution in [0.25, 0.3) is 0 Å². The third-order valence-electron chi connectivity index (χ3n) is 3.52. The molecular weight excluding hydrogens is 276 g/mol. The molecule has 0 saturated carbocycles. The summed E-state index contributed by atoms with van der Waals surface area (Å²) in [6.07, 6.45) is 0. The van der Waals surface area contributed by atoms with Gasteiger partial charge in [-0.15, -0.1) is 0 Å². The first kappa shape index (κ1) is 18.2. The number of nitrogens with zero attached hydrogens (tertiary/aromatic N) is 2. The molecule has 0 aliphatic rings. The van der Waals surface area contributed by atoms with E-state index in [0.29, 0.717) is 0 Å². The Hall–Kier alpha value is -1.84. The Bertz CT molecular complexity index is 497. The zero-order valence-corrected chi connectivity index (χ0v) is 15.0. The highest BCUT2D eigenvalue weighted by Gasteiger charge is 2.27. The number of hydrogen-bond donors (Lipinski definition) is 0. The van der Waals surface area contributed by atoms with E-state index in [2.05, 4.69) is 0 Å². The van der Waals surface area contributed by atoms with E-state index in [9.17, 15) is 9.59 Å². The largest absolute Gasteiger partial charge is 0.315 e. The minimum absolute atomic E-state index is 0.0550. The maximum atomic E-state index is 12.3. The average molecular weight is 304 g/mol. The van der Waals surface area contributed by atoms with E-state index in [1.54, 1.807) is 23.9 Å². The van der Waals surface area contributed by atoms with Crippen LogP contribution >= 0.6 is 0 Å². The molecule has 122 valence electrons. The highest BCUT2D eigenvalue weighted by atomic mass is 16.2. The first-order chi connectivity index (χ1) is 9.85. The third-order valence-corrected chi connectivity index (χ3v) is 3.52. The van der Waals surface area contributed by atoms with Crippen molar-refractivity contribution in [3.63, 3.8) is 0 Å². The fourth-order valence-corrected chi connectivity index (χ4v) is 2.14. The molecule has 0 unspecified atom stereocenters. The van der Waals surface area contributed by atoms with Gasteiger partial charge in [0.25, 0.3) is 0 Å². The molecule has 0 bridgehead atoms. The van der Waals surface area contributed by atoms with Crippen LogP contribution in [-0.4, -0.2) is 25.9 Å². The quantitative estimate of drug-likeness (QED) is 0.836. The lowest BCUT2D eigenvalue weighted by Crippen LogP contribution is -2.37. The molecule has 0 spiro atoms. The minimum Gasteiger partial charge on any atom is -0.315 e. The molecule has 1 aromatic rings. The van der Waals surface area contributed by atoms with E-state index in [0.717, 1.165) is 11.4 Å². The fraction of sp³-hybridized carbons (Fsp3) is 0.556. The van der Waals surface area contributed by atoms with E-state index >= 15 is 0 Å². The summed E-state index contributed by atoms with van der Waals surface area (Å²) in [5.41, 5.74) is 0.791. The van der Waals surface area contributed by atoms with Crippen LogP contribution in [0.5, 0.6) is 0 Å². The zero-order valence-electron chi connectivity index (χ0n) is 15.0. The van der Waals surface area contributed by atoms with Gasteiger partial charge in [-0.1, -0.05) is 41.5 Å². The van der Waals surface area contributed by atoms with Crippen LogP contribution in [-0.2, 0) is 9.59 Å². The van der Waals surface area contributed by atoms with Gasteiger partial charge in [0.2, 0.25) is 11.8 Å². The summed E-state index contributed by atoms with van der Waals surface area (Å²) in [6.45, 7) is 11.4. The van der Waals surface area contributed by atoms with Crippen LogP contribution in [0.15, 0.2) is 24.3 Å². The first-order valence-corrected chi connectivity index (χ1v) is 7.52. The Balaban J connectivity index is 2.96. The van der Waals surface area contributed by atoms with Crippen LogP contribution < -0.4 is 9.80 Å². The number of anilines is 2. The van der Waals surface area contributed by atoms with Gasteiger partial charge in [-0.2, -0.15) is 0 Å². The average Bonchev–Trinajstić information content (AvgIpc) is 2.42. The Morgan fingerprint density at radius 3 is 1.09 bits per heavy atom. The second-order valence-corrected chi connectivity index (χ2v) is 7.74. The fourth-order valence-electron chi connectivity index (χ4n) is 2.14. The van der Waals surface area contributed by atoms with E-state index < -0.39 is 10.8 Å². The predicted octanol–water partition coefficient (Wildman–Crippen LogP) is 3.70. The lowest BCUT2D eigenvalue weighted by Gasteiger charge is -2.28. The smallest absolute Gasteiger partial charge is 0.232 e. The molecule has 0 aromatic heterocycles. The number of hydrogen-bond acceptors (Lipinski definition) is 2. The topological polar surface area (TPSA) is 40.6 Å². The summed E-state index contributed by atoms with van der Waals surface area (Å²) in [6, 6.07) is 7.47. The highest BCUT2D eigenvalue weighted by Crippen LogP contribution is 2.26. The van der Waals surface area contributed by atoms with Gasteiger partial charge in [-0.25, -0.2) is 0 Å². The van der Waals surface area contributed by atoms with Gasteiger partial charge in [0.1, 0.15) is 0 Å². The van der Waals surface area contributed by atoms with Gasteiger partial charge >= 0.3 is 0 Å². The number of carbonyl (C=O) groups is 2. The van der Waals surface area contributed by atoms with Gasteiger partial charge in [0, 0.05) is 36.3 Å². The molecule has 0 aliphatic heterocycles. The molecule has 0 saturated heterocycles. The van der Waals surface area contributed by atoms with E-state index in [1.807, 2.05) is 65.8 Å². The number of benzene rings is 1. The molecule has 22 heavy (non-hydrogen) atoms. The summed E-state index contributed by atoms with van der Waals surface area (Å²) in [5, 5.41) is 0. The number of carbonyl (C=O) groups excluding carboxylic acids is 2. The summed E-state index contributed by atoms with van der Waals surface area (Å²) in [4.78, 5) is 27.9. The third kappa shape index (κ3) is 4.09. The first-order valence-electron chi connectivity index (χ1n) is 7.52.